The summed E-state index contributed by atoms with van der Waals surface area (Å²) in [5, 5.41) is 4.61. The Morgan fingerprint density at radius 3 is 2.59 bits per heavy atom. The van der Waals surface area contributed by atoms with Crippen LogP contribution in [0.5, 0.6) is 0 Å². The molecule has 0 spiro atoms. The first-order valence-electron chi connectivity index (χ1n) is 10.6. The number of thiazole rings is 1. The van der Waals surface area contributed by atoms with Gasteiger partial charge in [-0.2, -0.15) is 0 Å². The third kappa shape index (κ3) is 4.31. The van der Waals surface area contributed by atoms with Gasteiger partial charge in [0.15, 0.2) is 10.8 Å². The molecule has 32 heavy (non-hydrogen) atoms. The summed E-state index contributed by atoms with van der Waals surface area (Å²) in [6.07, 6.45) is 1.91. The summed E-state index contributed by atoms with van der Waals surface area (Å²) in [5.41, 5.74) is 2.31. The number of carbonyl (C=O) groups is 2. The fraction of sp³-hybridized carbons (Fsp3) is 0.292. The van der Waals surface area contributed by atoms with Crippen LogP contribution in [0.15, 0.2) is 47.0 Å². The van der Waals surface area contributed by atoms with Gasteiger partial charge in [0.1, 0.15) is 17.2 Å². The van der Waals surface area contributed by atoms with E-state index in [1.54, 1.807) is 0 Å². The SMILES string of the molecule is CCN(CC)C(=O)Cn1ccc2cc(NC(=O)c3sc(-c4ccc(C)o4)nc3C)ccc21. The lowest BCUT2D eigenvalue weighted by atomic mass is 10.2. The van der Waals surface area contributed by atoms with E-state index in [1.807, 2.05) is 79.8 Å². The predicted octanol–water partition coefficient (Wildman–Crippen LogP) is 5.10. The van der Waals surface area contributed by atoms with Crippen molar-refractivity contribution in [3.05, 3.63) is 58.9 Å². The van der Waals surface area contributed by atoms with E-state index in [1.165, 1.54) is 11.3 Å². The summed E-state index contributed by atoms with van der Waals surface area (Å²) in [4.78, 5) is 32.2. The van der Waals surface area contributed by atoms with Gasteiger partial charge in [-0.25, -0.2) is 4.98 Å². The molecule has 0 saturated carbocycles. The number of aromatic nitrogens is 2. The maximum Gasteiger partial charge on any atom is 0.267 e. The maximum absolute atomic E-state index is 12.9. The second-order valence-electron chi connectivity index (χ2n) is 7.58. The fourth-order valence-corrected chi connectivity index (χ4v) is 4.61. The average molecular weight is 451 g/mol. The Morgan fingerprint density at radius 2 is 1.91 bits per heavy atom. The van der Waals surface area contributed by atoms with Gasteiger partial charge in [0, 0.05) is 35.9 Å². The van der Waals surface area contributed by atoms with E-state index >= 15 is 0 Å². The minimum absolute atomic E-state index is 0.0908. The molecule has 0 bridgehead atoms. The van der Waals surface area contributed by atoms with Gasteiger partial charge < -0.3 is 19.2 Å². The van der Waals surface area contributed by atoms with Crippen LogP contribution in [-0.4, -0.2) is 39.4 Å². The van der Waals surface area contributed by atoms with Gasteiger partial charge >= 0.3 is 0 Å². The number of nitrogens with one attached hydrogen (secondary N) is 1. The molecule has 0 unspecified atom stereocenters. The first-order chi connectivity index (χ1) is 15.4. The molecule has 0 radical (unpaired) electrons. The number of amides is 2. The first-order valence-corrected chi connectivity index (χ1v) is 11.4. The van der Waals surface area contributed by atoms with E-state index in [-0.39, 0.29) is 11.8 Å². The number of rotatable bonds is 7. The molecule has 3 heterocycles. The van der Waals surface area contributed by atoms with Crippen molar-refractivity contribution in [2.45, 2.75) is 34.2 Å². The van der Waals surface area contributed by atoms with Crippen molar-refractivity contribution in [2.24, 2.45) is 0 Å². The van der Waals surface area contributed by atoms with Crippen molar-refractivity contribution in [3.63, 3.8) is 0 Å². The normalized spacial score (nSPS) is 11.1. The van der Waals surface area contributed by atoms with E-state index < -0.39 is 0 Å². The van der Waals surface area contributed by atoms with Crippen molar-refractivity contribution < 1.29 is 14.0 Å². The molecule has 8 heteroatoms. The van der Waals surface area contributed by atoms with Gasteiger partial charge in [-0.15, -0.1) is 11.3 Å². The third-order valence-corrected chi connectivity index (χ3v) is 6.58. The number of likely N-dealkylation sites (N-methyl/N-ethyl adjacent to an activating group) is 1. The zero-order valence-corrected chi connectivity index (χ0v) is 19.5. The monoisotopic (exact) mass is 450 g/mol. The molecule has 4 aromatic rings. The number of benzene rings is 1. The molecule has 7 nitrogen and oxygen atoms in total. The number of anilines is 1. The molecule has 1 aromatic carbocycles. The zero-order chi connectivity index (χ0) is 22.8. The quantitative estimate of drug-likeness (QED) is 0.425. The molecule has 0 aliphatic heterocycles. The summed E-state index contributed by atoms with van der Waals surface area (Å²) in [6.45, 7) is 9.35. The Bertz CT molecular complexity index is 1280. The molecule has 1 N–H and O–H groups in total. The second kappa shape index (κ2) is 9.00. The Kier molecular flexibility index (Phi) is 6.14. The van der Waals surface area contributed by atoms with Crippen molar-refractivity contribution in [1.82, 2.24) is 14.5 Å². The molecular weight excluding hydrogens is 424 g/mol. The highest BCUT2D eigenvalue weighted by Crippen LogP contribution is 2.30. The molecular formula is C24H26N4O3S. The first kappa shape index (κ1) is 21.8. The van der Waals surface area contributed by atoms with E-state index in [4.69, 9.17) is 4.42 Å². The van der Waals surface area contributed by atoms with Gasteiger partial charge in [0.25, 0.3) is 5.91 Å². The van der Waals surface area contributed by atoms with Crippen LogP contribution < -0.4 is 5.32 Å². The van der Waals surface area contributed by atoms with Gasteiger partial charge in [-0.1, -0.05) is 0 Å². The lowest BCUT2D eigenvalue weighted by Gasteiger charge is -2.19. The number of furan rings is 1. The molecule has 0 aliphatic rings. The summed E-state index contributed by atoms with van der Waals surface area (Å²) in [6, 6.07) is 11.4. The predicted molar refractivity (Wildman–Crippen MR) is 127 cm³/mol. The van der Waals surface area contributed by atoms with Gasteiger partial charge in [-0.3, -0.25) is 9.59 Å². The Hall–Kier alpha value is -3.39. The van der Waals surface area contributed by atoms with Crippen LogP contribution in [0, 0.1) is 13.8 Å². The Balaban J connectivity index is 1.51. The highest BCUT2D eigenvalue weighted by Gasteiger charge is 2.18. The topological polar surface area (TPSA) is 80.4 Å². The molecule has 0 atom stereocenters. The standard InChI is InChI=1S/C24H26N4O3S/c1-5-27(6-2)21(29)14-28-12-11-17-13-18(8-9-19(17)28)26-23(30)22-16(4)25-24(32-22)20-10-7-15(3)31-20/h7-13H,5-6,14H2,1-4H3,(H,26,30). The Labute approximate surface area is 190 Å². The van der Waals surface area contributed by atoms with Crippen molar-refractivity contribution >= 4 is 39.7 Å². The number of nitrogens with zero attached hydrogens (tertiary/aromatic N) is 3. The van der Waals surface area contributed by atoms with E-state index in [0.29, 0.717) is 46.7 Å². The van der Waals surface area contributed by atoms with E-state index in [2.05, 4.69) is 10.3 Å². The lowest BCUT2D eigenvalue weighted by molar-refractivity contribution is -0.131. The molecule has 4 rings (SSSR count). The van der Waals surface area contributed by atoms with Crippen LogP contribution in [0.25, 0.3) is 21.7 Å². The van der Waals surface area contributed by atoms with Crippen LogP contribution >= 0.6 is 11.3 Å². The lowest BCUT2D eigenvalue weighted by Crippen LogP contribution is -2.33. The average Bonchev–Trinajstić information content (AvgIpc) is 3.47. The number of hydrogen-bond donors (Lipinski definition) is 1. The van der Waals surface area contributed by atoms with E-state index in [0.717, 1.165) is 16.7 Å². The highest BCUT2D eigenvalue weighted by atomic mass is 32.1. The molecule has 166 valence electrons. The van der Waals surface area contributed by atoms with Crippen LogP contribution in [0.3, 0.4) is 0 Å². The van der Waals surface area contributed by atoms with Crippen molar-refractivity contribution in [2.75, 3.05) is 18.4 Å². The summed E-state index contributed by atoms with van der Waals surface area (Å²) < 4.78 is 7.57. The van der Waals surface area contributed by atoms with Crippen molar-refractivity contribution in [3.8, 4) is 10.8 Å². The third-order valence-electron chi connectivity index (χ3n) is 5.40. The summed E-state index contributed by atoms with van der Waals surface area (Å²) >= 11 is 1.31. The van der Waals surface area contributed by atoms with Crippen LogP contribution in [0.1, 0.15) is 35.0 Å². The molecule has 0 fully saturated rings. The van der Waals surface area contributed by atoms with Crippen LogP contribution in [-0.2, 0) is 11.3 Å². The second-order valence-corrected chi connectivity index (χ2v) is 8.58. The van der Waals surface area contributed by atoms with Gasteiger partial charge in [0.05, 0.1) is 5.69 Å². The van der Waals surface area contributed by atoms with Gasteiger partial charge in [-0.05, 0) is 64.1 Å². The maximum atomic E-state index is 12.9. The zero-order valence-electron chi connectivity index (χ0n) is 18.6. The van der Waals surface area contributed by atoms with Crippen LogP contribution in [0.4, 0.5) is 5.69 Å². The molecule has 0 saturated heterocycles. The smallest absolute Gasteiger partial charge is 0.267 e. The number of hydrogen-bond acceptors (Lipinski definition) is 5. The van der Waals surface area contributed by atoms with Crippen molar-refractivity contribution in [1.29, 1.82) is 0 Å². The summed E-state index contributed by atoms with van der Waals surface area (Å²) in [5.74, 6) is 1.35. The Morgan fingerprint density at radius 1 is 1.12 bits per heavy atom. The molecule has 0 aliphatic carbocycles. The van der Waals surface area contributed by atoms with E-state index in [9.17, 15) is 9.59 Å². The molecule has 3 aromatic heterocycles. The minimum Gasteiger partial charge on any atom is -0.459 e. The van der Waals surface area contributed by atoms with Gasteiger partial charge in [0.2, 0.25) is 5.91 Å². The highest BCUT2D eigenvalue weighted by molar-refractivity contribution is 7.17. The molecule has 2 amide bonds. The largest absolute Gasteiger partial charge is 0.459 e. The number of aryl methyl sites for hydroxylation is 2. The van der Waals surface area contributed by atoms with Crippen LogP contribution in [0.2, 0.25) is 0 Å². The number of fused-ring (bicyclic) bond motifs is 1. The fourth-order valence-electron chi connectivity index (χ4n) is 3.69. The summed E-state index contributed by atoms with van der Waals surface area (Å²) in [7, 11) is 0. The minimum atomic E-state index is -0.204. The number of carbonyl (C=O) groups excluding carboxylic acids is 2.